The maximum Gasteiger partial charge on any atom is 0.174 e. The molecule has 2 aromatic carbocycles. The molecule has 1 N–H and O–H groups in total. The number of furan rings is 1. The zero-order chi connectivity index (χ0) is 21.4. The summed E-state index contributed by atoms with van der Waals surface area (Å²) in [5.74, 6) is 1.57. The molecule has 0 radical (unpaired) electrons. The van der Waals surface area contributed by atoms with Crippen molar-refractivity contribution in [2.24, 2.45) is 0 Å². The summed E-state index contributed by atoms with van der Waals surface area (Å²) in [6.45, 7) is 1.99. The fraction of sp³-hybridized carbons (Fsp3) is 0.120. The van der Waals surface area contributed by atoms with Gasteiger partial charge in [0.25, 0.3) is 0 Å². The molecule has 5 rings (SSSR count). The second-order valence-corrected chi connectivity index (χ2v) is 8.29. The summed E-state index contributed by atoms with van der Waals surface area (Å²) in [5.41, 5.74) is 3.88. The average molecular weight is 446 g/mol. The molecule has 0 spiro atoms. The lowest BCUT2D eigenvalue weighted by Gasteiger charge is -2.26. The van der Waals surface area contributed by atoms with E-state index in [0.717, 1.165) is 39.1 Å². The SMILES string of the molecule is Cc1ccc(-c2ccc(C3C(c4ccccn4)NC(=S)N3c3ccccc3)o2)cc1Cl. The van der Waals surface area contributed by atoms with Gasteiger partial charge < -0.3 is 14.6 Å². The summed E-state index contributed by atoms with van der Waals surface area (Å²) in [7, 11) is 0. The summed E-state index contributed by atoms with van der Waals surface area (Å²) < 4.78 is 6.37. The largest absolute Gasteiger partial charge is 0.459 e. The van der Waals surface area contributed by atoms with Crippen molar-refractivity contribution >= 4 is 34.6 Å². The van der Waals surface area contributed by atoms with Crippen LogP contribution in [-0.2, 0) is 0 Å². The van der Waals surface area contributed by atoms with E-state index in [-0.39, 0.29) is 12.1 Å². The lowest BCUT2D eigenvalue weighted by molar-refractivity contribution is 0.439. The third-order valence-electron chi connectivity index (χ3n) is 5.51. The van der Waals surface area contributed by atoms with Crippen molar-refractivity contribution < 1.29 is 4.42 Å². The molecule has 0 amide bonds. The van der Waals surface area contributed by atoms with Crippen molar-refractivity contribution in [3.8, 4) is 11.3 Å². The van der Waals surface area contributed by atoms with E-state index in [1.807, 2.05) is 85.8 Å². The Balaban J connectivity index is 1.59. The molecule has 1 saturated heterocycles. The van der Waals surface area contributed by atoms with Crippen LogP contribution in [0.1, 0.15) is 29.1 Å². The monoisotopic (exact) mass is 445 g/mol. The first-order valence-electron chi connectivity index (χ1n) is 10.0. The van der Waals surface area contributed by atoms with Crippen LogP contribution < -0.4 is 10.2 Å². The number of aromatic nitrogens is 1. The number of hydrogen-bond acceptors (Lipinski definition) is 3. The van der Waals surface area contributed by atoms with E-state index in [1.54, 1.807) is 6.20 Å². The van der Waals surface area contributed by atoms with E-state index >= 15 is 0 Å². The van der Waals surface area contributed by atoms with Crippen molar-refractivity contribution in [3.05, 3.63) is 107 Å². The molecular weight excluding hydrogens is 426 g/mol. The molecule has 2 atom stereocenters. The molecule has 0 bridgehead atoms. The lowest BCUT2D eigenvalue weighted by Crippen LogP contribution is -2.29. The Bertz CT molecular complexity index is 1230. The molecular formula is C25H20ClN3OS. The normalized spacial score (nSPS) is 18.3. The molecule has 3 heterocycles. The molecule has 1 fully saturated rings. The smallest absolute Gasteiger partial charge is 0.174 e. The predicted molar refractivity (Wildman–Crippen MR) is 128 cm³/mol. The summed E-state index contributed by atoms with van der Waals surface area (Å²) in [6.07, 6.45) is 1.80. The number of anilines is 1. The number of benzene rings is 2. The molecule has 6 heteroatoms. The third-order valence-corrected chi connectivity index (χ3v) is 6.23. The molecule has 0 saturated carbocycles. The van der Waals surface area contributed by atoms with Gasteiger partial charge in [-0.1, -0.05) is 48.0 Å². The molecule has 1 aliphatic heterocycles. The second kappa shape index (κ2) is 8.17. The van der Waals surface area contributed by atoms with Gasteiger partial charge in [-0.05, 0) is 67.2 Å². The zero-order valence-electron chi connectivity index (χ0n) is 16.8. The fourth-order valence-corrected chi connectivity index (χ4v) is 4.45. The van der Waals surface area contributed by atoms with Crippen molar-refractivity contribution in [2.75, 3.05) is 4.90 Å². The van der Waals surface area contributed by atoms with Crippen molar-refractivity contribution in [2.45, 2.75) is 19.0 Å². The number of thiocarbonyl (C=S) groups is 1. The topological polar surface area (TPSA) is 41.3 Å². The third kappa shape index (κ3) is 3.71. The molecule has 154 valence electrons. The van der Waals surface area contributed by atoms with Crippen LogP contribution >= 0.6 is 23.8 Å². The van der Waals surface area contributed by atoms with Gasteiger partial charge in [0.15, 0.2) is 5.11 Å². The minimum Gasteiger partial charge on any atom is -0.459 e. The van der Waals surface area contributed by atoms with E-state index in [0.29, 0.717) is 5.11 Å². The van der Waals surface area contributed by atoms with Gasteiger partial charge >= 0.3 is 0 Å². The summed E-state index contributed by atoms with van der Waals surface area (Å²) in [5, 5.41) is 4.81. The highest BCUT2D eigenvalue weighted by atomic mass is 35.5. The van der Waals surface area contributed by atoms with Gasteiger partial charge in [-0.3, -0.25) is 4.98 Å². The Labute approximate surface area is 191 Å². The quantitative estimate of drug-likeness (QED) is 0.364. The van der Waals surface area contributed by atoms with Gasteiger partial charge in [0.1, 0.15) is 17.6 Å². The van der Waals surface area contributed by atoms with Crippen molar-refractivity contribution in [1.29, 1.82) is 0 Å². The molecule has 4 nitrogen and oxygen atoms in total. The minimum atomic E-state index is -0.181. The highest BCUT2D eigenvalue weighted by molar-refractivity contribution is 7.80. The van der Waals surface area contributed by atoms with Crippen LogP contribution in [0.25, 0.3) is 11.3 Å². The van der Waals surface area contributed by atoms with Crippen molar-refractivity contribution in [1.82, 2.24) is 10.3 Å². The highest BCUT2D eigenvalue weighted by Crippen LogP contribution is 2.43. The Morgan fingerprint density at radius 1 is 1.00 bits per heavy atom. The predicted octanol–water partition coefficient (Wildman–Crippen LogP) is 6.48. The first kappa shape index (κ1) is 19.8. The van der Waals surface area contributed by atoms with Crippen LogP contribution in [-0.4, -0.2) is 10.1 Å². The molecule has 2 unspecified atom stereocenters. The molecule has 31 heavy (non-hydrogen) atoms. The first-order valence-corrected chi connectivity index (χ1v) is 10.8. The van der Waals surface area contributed by atoms with Crippen LogP contribution in [0.5, 0.6) is 0 Å². The van der Waals surface area contributed by atoms with Crippen molar-refractivity contribution in [3.63, 3.8) is 0 Å². The minimum absolute atomic E-state index is 0.144. The number of hydrogen-bond donors (Lipinski definition) is 1. The van der Waals surface area contributed by atoms with Gasteiger partial charge in [0.05, 0.1) is 11.7 Å². The van der Waals surface area contributed by atoms with Gasteiger partial charge in [-0.15, -0.1) is 0 Å². The Morgan fingerprint density at radius 2 is 1.81 bits per heavy atom. The van der Waals surface area contributed by atoms with Crippen LogP contribution in [0, 0.1) is 6.92 Å². The zero-order valence-corrected chi connectivity index (χ0v) is 18.4. The lowest BCUT2D eigenvalue weighted by atomic mass is 10.0. The number of para-hydroxylation sites is 1. The van der Waals surface area contributed by atoms with E-state index in [4.69, 9.17) is 28.2 Å². The highest BCUT2D eigenvalue weighted by Gasteiger charge is 2.42. The van der Waals surface area contributed by atoms with Crippen LogP contribution in [0.2, 0.25) is 5.02 Å². The molecule has 1 aliphatic rings. The Kier molecular flexibility index (Phi) is 5.22. The Morgan fingerprint density at radius 3 is 2.55 bits per heavy atom. The van der Waals surface area contributed by atoms with E-state index in [1.165, 1.54) is 0 Å². The standard InChI is InChI=1S/C25H20ClN3OS/c1-16-10-11-17(15-19(16)26)21-12-13-22(30-21)24-23(20-9-5-6-14-27-20)28-25(31)29(24)18-7-3-2-4-8-18/h2-15,23-24H,1H3,(H,28,31). The fourth-order valence-electron chi connectivity index (χ4n) is 3.92. The summed E-state index contributed by atoms with van der Waals surface area (Å²) >= 11 is 12.1. The van der Waals surface area contributed by atoms with Crippen LogP contribution in [0.15, 0.2) is 89.5 Å². The second-order valence-electron chi connectivity index (χ2n) is 7.50. The average Bonchev–Trinajstić information content (AvgIpc) is 3.41. The van der Waals surface area contributed by atoms with Gasteiger partial charge in [-0.2, -0.15) is 0 Å². The number of aryl methyl sites for hydroxylation is 1. The van der Waals surface area contributed by atoms with Gasteiger partial charge in [0, 0.05) is 22.5 Å². The van der Waals surface area contributed by atoms with Crippen LogP contribution in [0.3, 0.4) is 0 Å². The van der Waals surface area contributed by atoms with Gasteiger partial charge in [-0.25, -0.2) is 0 Å². The molecule has 0 aliphatic carbocycles. The summed E-state index contributed by atoms with van der Waals surface area (Å²) in [6, 6.07) is 25.6. The Hall–Kier alpha value is -3.15. The van der Waals surface area contributed by atoms with E-state index < -0.39 is 0 Å². The molecule has 2 aromatic heterocycles. The number of nitrogens with one attached hydrogen (secondary N) is 1. The first-order chi connectivity index (χ1) is 15.1. The number of nitrogens with zero attached hydrogens (tertiary/aromatic N) is 2. The number of pyridine rings is 1. The van der Waals surface area contributed by atoms with E-state index in [2.05, 4.69) is 15.2 Å². The summed E-state index contributed by atoms with van der Waals surface area (Å²) in [4.78, 5) is 6.67. The van der Waals surface area contributed by atoms with Crippen LogP contribution in [0.4, 0.5) is 5.69 Å². The molecule has 4 aromatic rings. The number of rotatable bonds is 4. The number of halogens is 1. The van der Waals surface area contributed by atoms with Gasteiger partial charge in [0.2, 0.25) is 0 Å². The maximum absolute atomic E-state index is 6.37. The maximum atomic E-state index is 6.37. The van der Waals surface area contributed by atoms with E-state index in [9.17, 15) is 0 Å².